The van der Waals surface area contributed by atoms with Crippen LogP contribution in [0, 0.1) is 12.8 Å². The van der Waals surface area contributed by atoms with E-state index in [0.29, 0.717) is 5.92 Å². The van der Waals surface area contributed by atoms with Crippen molar-refractivity contribution < 1.29 is 8.42 Å². The van der Waals surface area contributed by atoms with Crippen molar-refractivity contribution in [2.24, 2.45) is 5.92 Å². The summed E-state index contributed by atoms with van der Waals surface area (Å²) in [5.74, 6) is 1.41. The Hall–Kier alpha value is -1.62. The summed E-state index contributed by atoms with van der Waals surface area (Å²) in [6, 6.07) is 7.98. The summed E-state index contributed by atoms with van der Waals surface area (Å²) in [6.07, 6.45) is 7.83. The van der Waals surface area contributed by atoms with Gasteiger partial charge in [0.25, 0.3) is 0 Å². The lowest BCUT2D eigenvalue weighted by molar-refractivity contribution is 0.387. The van der Waals surface area contributed by atoms with E-state index in [4.69, 9.17) is 0 Å². The second-order valence-corrected chi connectivity index (χ2v) is 8.51. The van der Waals surface area contributed by atoms with Crippen LogP contribution >= 0.6 is 0 Å². The average molecular weight is 318 g/mol. The van der Waals surface area contributed by atoms with E-state index in [1.165, 1.54) is 11.8 Å². The Balaban J connectivity index is 1.80. The van der Waals surface area contributed by atoms with E-state index in [9.17, 15) is 8.42 Å². The van der Waals surface area contributed by atoms with Gasteiger partial charge in [-0.3, -0.25) is 0 Å². The number of hydrogen-bond acceptors (Lipinski definition) is 3. The van der Waals surface area contributed by atoms with Crippen molar-refractivity contribution in [3.63, 3.8) is 0 Å². The summed E-state index contributed by atoms with van der Waals surface area (Å²) in [5.41, 5.74) is 2.19. The van der Waals surface area contributed by atoms with Crippen LogP contribution in [0.4, 0.5) is 0 Å². The van der Waals surface area contributed by atoms with Gasteiger partial charge in [0.2, 0.25) is 0 Å². The average Bonchev–Trinajstić information content (AvgIpc) is 2.88. The summed E-state index contributed by atoms with van der Waals surface area (Å²) in [6.45, 7) is 2.89. The number of aromatic nitrogens is 2. The fourth-order valence-corrected chi connectivity index (χ4v) is 4.76. The Morgan fingerprint density at radius 2 is 2.09 bits per heavy atom. The maximum Gasteiger partial charge on any atom is 0.154 e. The fraction of sp³-hybridized carbons (Fsp3) is 0.471. The summed E-state index contributed by atoms with van der Waals surface area (Å²) >= 11 is 0. The van der Waals surface area contributed by atoms with Crippen LogP contribution in [0.5, 0.6) is 0 Å². The van der Waals surface area contributed by atoms with Crippen LogP contribution in [0.25, 0.3) is 0 Å². The normalized spacial score (nSPS) is 21.5. The molecule has 0 bridgehead atoms. The number of aryl methyl sites for hydroxylation is 2. The predicted octanol–water partition coefficient (Wildman–Crippen LogP) is 2.93. The molecule has 0 N–H and O–H groups in total. The zero-order valence-corrected chi connectivity index (χ0v) is 13.9. The van der Waals surface area contributed by atoms with Crippen LogP contribution in [-0.4, -0.2) is 24.2 Å². The van der Waals surface area contributed by atoms with Gasteiger partial charge in [-0.15, -0.1) is 0 Å². The molecule has 1 aromatic carbocycles. The van der Waals surface area contributed by atoms with Crippen molar-refractivity contribution in [3.05, 3.63) is 53.6 Å². The number of benzene rings is 1. The van der Waals surface area contributed by atoms with E-state index in [1.807, 2.05) is 37.5 Å². The molecule has 0 saturated carbocycles. The third-order valence-corrected chi connectivity index (χ3v) is 6.16. The Morgan fingerprint density at radius 1 is 1.32 bits per heavy atom. The first-order valence-electron chi connectivity index (χ1n) is 7.69. The summed E-state index contributed by atoms with van der Waals surface area (Å²) in [7, 11) is -3.07. The summed E-state index contributed by atoms with van der Waals surface area (Å²) < 4.78 is 26.5. The Morgan fingerprint density at radius 3 is 2.77 bits per heavy atom. The molecule has 0 aliphatic heterocycles. The van der Waals surface area contributed by atoms with E-state index in [0.717, 1.165) is 37.2 Å². The molecule has 1 aliphatic rings. The van der Waals surface area contributed by atoms with Crippen molar-refractivity contribution in [2.75, 3.05) is 6.26 Å². The number of imidazole rings is 1. The minimum absolute atomic E-state index is 0.355. The van der Waals surface area contributed by atoms with Gasteiger partial charge in [-0.1, -0.05) is 24.3 Å². The molecule has 2 aromatic rings. The molecule has 0 radical (unpaired) electrons. The molecule has 0 amide bonds. The van der Waals surface area contributed by atoms with Crippen molar-refractivity contribution in [2.45, 2.75) is 38.0 Å². The maximum atomic E-state index is 12.2. The molecule has 1 heterocycles. The van der Waals surface area contributed by atoms with Crippen LogP contribution in [0.3, 0.4) is 0 Å². The topological polar surface area (TPSA) is 52.0 Å². The Labute approximate surface area is 132 Å². The molecule has 118 valence electrons. The molecule has 3 rings (SSSR count). The van der Waals surface area contributed by atoms with Crippen LogP contribution in [0.2, 0.25) is 0 Å². The lowest BCUT2D eigenvalue weighted by atomic mass is 9.82. The molecule has 22 heavy (non-hydrogen) atoms. The van der Waals surface area contributed by atoms with E-state index in [1.54, 1.807) is 0 Å². The minimum Gasteiger partial charge on any atom is -0.335 e. The Bertz CT molecular complexity index is 764. The van der Waals surface area contributed by atoms with E-state index in [2.05, 4.69) is 15.6 Å². The van der Waals surface area contributed by atoms with Crippen LogP contribution in [-0.2, 0) is 22.8 Å². The molecule has 0 spiro atoms. The minimum atomic E-state index is -3.07. The largest absolute Gasteiger partial charge is 0.335 e. The fourth-order valence-electron chi connectivity index (χ4n) is 3.45. The second-order valence-electron chi connectivity index (χ2n) is 6.28. The van der Waals surface area contributed by atoms with Crippen LogP contribution in [0.1, 0.15) is 35.0 Å². The quantitative estimate of drug-likeness (QED) is 0.871. The highest BCUT2D eigenvalue weighted by Gasteiger charge is 2.32. The van der Waals surface area contributed by atoms with E-state index in [-0.39, 0.29) is 5.25 Å². The standard InChI is InChI=1S/C17H22N2O2S/c1-13-18-8-10-19(13)9-7-14-11-15-5-3-4-6-16(15)17(12-14)22(2,20)21/h3-6,8,10,14,17H,7,9,11-12H2,1-2H3/t14-,17?/m1/s1. The van der Waals surface area contributed by atoms with Crippen molar-refractivity contribution in [1.82, 2.24) is 9.55 Å². The van der Waals surface area contributed by atoms with Gasteiger partial charge < -0.3 is 4.57 Å². The first-order chi connectivity index (χ1) is 10.4. The highest BCUT2D eigenvalue weighted by molar-refractivity contribution is 7.90. The van der Waals surface area contributed by atoms with Gasteiger partial charge in [0.05, 0.1) is 5.25 Å². The predicted molar refractivity (Wildman–Crippen MR) is 87.4 cm³/mol. The molecule has 2 atom stereocenters. The van der Waals surface area contributed by atoms with Gasteiger partial charge in [0.1, 0.15) is 5.82 Å². The molecule has 1 unspecified atom stereocenters. The molecule has 1 aromatic heterocycles. The second kappa shape index (κ2) is 5.88. The smallest absolute Gasteiger partial charge is 0.154 e. The molecular formula is C17H22N2O2S. The number of nitrogens with zero attached hydrogens (tertiary/aromatic N) is 2. The van der Waals surface area contributed by atoms with Gasteiger partial charge in [0, 0.05) is 25.2 Å². The monoisotopic (exact) mass is 318 g/mol. The third kappa shape index (κ3) is 3.09. The SMILES string of the molecule is Cc1nccn1CC[C@@H]1Cc2ccccc2C(S(C)(=O)=O)C1. The lowest BCUT2D eigenvalue weighted by Gasteiger charge is -2.30. The highest BCUT2D eigenvalue weighted by Crippen LogP contribution is 2.39. The third-order valence-electron chi connectivity index (χ3n) is 4.68. The summed E-state index contributed by atoms with van der Waals surface area (Å²) in [5, 5.41) is -0.355. The van der Waals surface area contributed by atoms with Crippen molar-refractivity contribution in [1.29, 1.82) is 0 Å². The van der Waals surface area contributed by atoms with Crippen molar-refractivity contribution in [3.8, 4) is 0 Å². The van der Waals surface area contributed by atoms with E-state index < -0.39 is 9.84 Å². The highest BCUT2D eigenvalue weighted by atomic mass is 32.2. The van der Waals surface area contributed by atoms with Crippen molar-refractivity contribution >= 4 is 9.84 Å². The molecule has 0 saturated heterocycles. The number of fused-ring (bicyclic) bond motifs is 1. The molecule has 1 aliphatic carbocycles. The Kier molecular flexibility index (Phi) is 4.08. The van der Waals surface area contributed by atoms with Gasteiger partial charge >= 0.3 is 0 Å². The summed E-state index contributed by atoms with van der Waals surface area (Å²) in [4.78, 5) is 4.24. The molecule has 5 heteroatoms. The van der Waals surface area contributed by atoms with Gasteiger partial charge in [-0.05, 0) is 43.2 Å². The molecular weight excluding hydrogens is 296 g/mol. The van der Waals surface area contributed by atoms with Gasteiger partial charge in [0.15, 0.2) is 9.84 Å². The van der Waals surface area contributed by atoms with Gasteiger partial charge in [-0.2, -0.15) is 0 Å². The van der Waals surface area contributed by atoms with Crippen LogP contribution in [0.15, 0.2) is 36.7 Å². The lowest BCUT2D eigenvalue weighted by Crippen LogP contribution is -2.24. The van der Waals surface area contributed by atoms with Gasteiger partial charge in [-0.25, -0.2) is 13.4 Å². The number of hydrogen-bond donors (Lipinski definition) is 0. The molecule has 0 fully saturated rings. The number of rotatable bonds is 4. The first kappa shape index (κ1) is 15.3. The maximum absolute atomic E-state index is 12.2. The zero-order chi connectivity index (χ0) is 15.7. The zero-order valence-electron chi connectivity index (χ0n) is 13.1. The van der Waals surface area contributed by atoms with Crippen LogP contribution < -0.4 is 0 Å². The van der Waals surface area contributed by atoms with E-state index >= 15 is 0 Å². The number of sulfone groups is 1. The molecule has 4 nitrogen and oxygen atoms in total. The first-order valence-corrected chi connectivity index (χ1v) is 9.65.